The fourth-order valence-electron chi connectivity index (χ4n) is 3.57. The van der Waals surface area contributed by atoms with Crippen molar-refractivity contribution < 1.29 is 9.90 Å². The Balaban J connectivity index is 0.00000363. The van der Waals surface area contributed by atoms with Gasteiger partial charge in [-0.1, -0.05) is 18.2 Å². The highest BCUT2D eigenvalue weighted by Gasteiger charge is 2.21. The van der Waals surface area contributed by atoms with Crippen molar-refractivity contribution in [2.24, 2.45) is 4.99 Å². The Kier molecular flexibility index (Phi) is 10.5. The minimum absolute atomic E-state index is 0. The van der Waals surface area contributed by atoms with Crippen molar-refractivity contribution in [1.82, 2.24) is 20.9 Å². The third kappa shape index (κ3) is 7.54. The summed E-state index contributed by atoms with van der Waals surface area (Å²) in [7, 11) is 0. The van der Waals surface area contributed by atoms with Crippen LogP contribution in [-0.2, 0) is 0 Å². The van der Waals surface area contributed by atoms with Crippen LogP contribution in [0, 0.1) is 6.92 Å². The van der Waals surface area contributed by atoms with E-state index in [1.807, 2.05) is 19.9 Å². The van der Waals surface area contributed by atoms with Crippen LogP contribution in [-0.4, -0.2) is 60.7 Å². The molecule has 0 atom stereocenters. The lowest BCUT2D eigenvalue weighted by Crippen LogP contribution is -2.49. The number of carbonyl (C=O) groups excluding carboxylic acids is 1. The molecule has 32 heavy (non-hydrogen) atoms. The van der Waals surface area contributed by atoms with Gasteiger partial charge in [0.2, 0.25) is 0 Å². The number of phenols is 1. The van der Waals surface area contributed by atoms with Crippen molar-refractivity contribution >= 4 is 41.7 Å². The van der Waals surface area contributed by atoms with Gasteiger partial charge in [0.15, 0.2) is 5.96 Å². The number of para-hydroxylation sites is 1. The van der Waals surface area contributed by atoms with E-state index < -0.39 is 0 Å². The number of guanidine groups is 1. The van der Waals surface area contributed by atoms with E-state index >= 15 is 0 Å². The van der Waals surface area contributed by atoms with Gasteiger partial charge in [-0.15, -0.1) is 24.0 Å². The molecule has 1 aromatic carbocycles. The van der Waals surface area contributed by atoms with Gasteiger partial charge in [-0.05, 0) is 51.0 Å². The minimum Gasteiger partial charge on any atom is -0.507 e. The SMILES string of the molecule is CCNC(=NCCNC(=O)c1ccccc1O)NC1CCN(c2cccc(C)n2)CC1.I. The van der Waals surface area contributed by atoms with Gasteiger partial charge in [-0.2, -0.15) is 0 Å². The van der Waals surface area contributed by atoms with E-state index in [0.717, 1.165) is 49.9 Å². The minimum atomic E-state index is -0.302. The summed E-state index contributed by atoms with van der Waals surface area (Å²) in [4.78, 5) is 23.7. The second kappa shape index (κ2) is 13.1. The van der Waals surface area contributed by atoms with E-state index in [4.69, 9.17) is 0 Å². The second-order valence-corrected chi connectivity index (χ2v) is 7.58. The first-order valence-corrected chi connectivity index (χ1v) is 10.9. The number of aromatic nitrogens is 1. The number of rotatable bonds is 7. The van der Waals surface area contributed by atoms with Gasteiger partial charge in [-0.25, -0.2) is 4.98 Å². The molecule has 1 aromatic heterocycles. The highest BCUT2D eigenvalue weighted by atomic mass is 127. The average molecular weight is 552 g/mol. The largest absolute Gasteiger partial charge is 0.507 e. The van der Waals surface area contributed by atoms with E-state index in [1.54, 1.807) is 18.2 Å². The summed E-state index contributed by atoms with van der Waals surface area (Å²) in [6, 6.07) is 13.0. The first-order chi connectivity index (χ1) is 15.1. The van der Waals surface area contributed by atoms with Crippen LogP contribution in [0.1, 0.15) is 35.8 Å². The number of carbonyl (C=O) groups is 1. The molecular formula is C23H33IN6O2. The van der Waals surface area contributed by atoms with Crippen LogP contribution in [0.25, 0.3) is 0 Å². The summed E-state index contributed by atoms with van der Waals surface area (Å²) >= 11 is 0. The number of nitrogens with zero attached hydrogens (tertiary/aromatic N) is 3. The number of aromatic hydroxyl groups is 1. The van der Waals surface area contributed by atoms with Crippen LogP contribution in [0.5, 0.6) is 5.75 Å². The van der Waals surface area contributed by atoms with Gasteiger partial charge >= 0.3 is 0 Å². The molecule has 4 N–H and O–H groups in total. The molecule has 1 amide bonds. The van der Waals surface area contributed by atoms with Crippen molar-refractivity contribution in [3.8, 4) is 5.75 Å². The standard InChI is InChI=1S/C23H32N6O2.HI/c1-3-24-23(26-14-13-25-22(31)19-8-4-5-9-20(19)30)28-18-11-15-29(16-12-18)21-10-6-7-17(2)27-21;/h4-10,18,30H,3,11-16H2,1-2H3,(H,25,31)(H2,24,26,28);1H. The Morgan fingerprint density at radius 3 is 2.59 bits per heavy atom. The van der Waals surface area contributed by atoms with E-state index in [1.165, 1.54) is 6.07 Å². The molecular weight excluding hydrogens is 519 g/mol. The topological polar surface area (TPSA) is 102 Å². The predicted octanol–water partition coefficient (Wildman–Crippen LogP) is 2.67. The highest BCUT2D eigenvalue weighted by molar-refractivity contribution is 14.0. The number of halogens is 1. The van der Waals surface area contributed by atoms with E-state index in [-0.39, 0.29) is 41.2 Å². The number of hydrogen-bond acceptors (Lipinski definition) is 5. The number of amides is 1. The number of piperidine rings is 1. The van der Waals surface area contributed by atoms with Crippen LogP contribution in [0.4, 0.5) is 5.82 Å². The molecule has 3 rings (SSSR count). The number of benzene rings is 1. The van der Waals surface area contributed by atoms with Crippen LogP contribution in [0.15, 0.2) is 47.5 Å². The number of aliphatic imine (C=N–C) groups is 1. The fraction of sp³-hybridized carbons (Fsp3) is 0.435. The van der Waals surface area contributed by atoms with E-state index in [2.05, 4.69) is 43.0 Å². The van der Waals surface area contributed by atoms with Crippen molar-refractivity contribution in [3.63, 3.8) is 0 Å². The van der Waals surface area contributed by atoms with Crippen LogP contribution in [0.2, 0.25) is 0 Å². The summed E-state index contributed by atoms with van der Waals surface area (Å²) in [6.45, 7) is 7.55. The van der Waals surface area contributed by atoms with Gasteiger partial charge < -0.3 is 26.0 Å². The molecule has 1 fully saturated rings. The summed E-state index contributed by atoms with van der Waals surface area (Å²) in [5, 5.41) is 19.3. The summed E-state index contributed by atoms with van der Waals surface area (Å²) < 4.78 is 0. The Morgan fingerprint density at radius 1 is 1.16 bits per heavy atom. The Morgan fingerprint density at radius 2 is 1.91 bits per heavy atom. The molecule has 1 aliphatic heterocycles. The van der Waals surface area contributed by atoms with Gasteiger partial charge in [-0.3, -0.25) is 9.79 Å². The molecule has 1 aliphatic rings. The van der Waals surface area contributed by atoms with Gasteiger partial charge in [0.05, 0.1) is 12.1 Å². The molecule has 174 valence electrons. The van der Waals surface area contributed by atoms with Gasteiger partial charge in [0.25, 0.3) is 5.91 Å². The molecule has 0 spiro atoms. The number of phenolic OH excluding ortho intramolecular Hbond substituents is 1. The zero-order chi connectivity index (χ0) is 22.1. The lowest BCUT2D eigenvalue weighted by Gasteiger charge is -2.34. The molecule has 0 saturated carbocycles. The van der Waals surface area contributed by atoms with Crippen molar-refractivity contribution in [3.05, 3.63) is 53.7 Å². The Bertz CT molecular complexity index is 900. The molecule has 0 radical (unpaired) electrons. The molecule has 2 heterocycles. The Labute approximate surface area is 206 Å². The third-order valence-electron chi connectivity index (χ3n) is 5.19. The summed E-state index contributed by atoms with van der Waals surface area (Å²) in [6.07, 6.45) is 2.01. The first kappa shape index (κ1) is 25.7. The molecule has 0 bridgehead atoms. The zero-order valence-electron chi connectivity index (χ0n) is 18.7. The molecule has 1 saturated heterocycles. The fourth-order valence-corrected chi connectivity index (χ4v) is 3.57. The van der Waals surface area contributed by atoms with Crippen molar-refractivity contribution in [2.45, 2.75) is 32.7 Å². The van der Waals surface area contributed by atoms with Crippen molar-refractivity contribution in [2.75, 3.05) is 37.6 Å². The number of hydrogen-bond donors (Lipinski definition) is 4. The number of nitrogens with one attached hydrogen (secondary N) is 3. The lowest BCUT2D eigenvalue weighted by molar-refractivity contribution is 0.0952. The molecule has 0 aliphatic carbocycles. The maximum atomic E-state index is 12.2. The third-order valence-corrected chi connectivity index (χ3v) is 5.19. The smallest absolute Gasteiger partial charge is 0.255 e. The molecule has 8 nitrogen and oxygen atoms in total. The number of pyridine rings is 1. The predicted molar refractivity (Wildman–Crippen MR) is 139 cm³/mol. The summed E-state index contributed by atoms with van der Waals surface area (Å²) in [5.41, 5.74) is 1.31. The van der Waals surface area contributed by atoms with Gasteiger partial charge in [0.1, 0.15) is 11.6 Å². The second-order valence-electron chi connectivity index (χ2n) is 7.58. The maximum Gasteiger partial charge on any atom is 0.255 e. The molecule has 0 unspecified atom stereocenters. The summed E-state index contributed by atoms with van der Waals surface area (Å²) in [5.74, 6) is 1.47. The number of anilines is 1. The van der Waals surface area contributed by atoms with Crippen LogP contribution in [0.3, 0.4) is 0 Å². The quantitative estimate of drug-likeness (QED) is 0.183. The van der Waals surface area contributed by atoms with Gasteiger partial charge in [0, 0.05) is 37.9 Å². The Hall–Kier alpha value is -2.56. The van der Waals surface area contributed by atoms with E-state index in [9.17, 15) is 9.90 Å². The lowest BCUT2D eigenvalue weighted by atomic mass is 10.1. The maximum absolute atomic E-state index is 12.2. The first-order valence-electron chi connectivity index (χ1n) is 10.9. The molecule has 9 heteroatoms. The normalized spacial score (nSPS) is 14.4. The monoisotopic (exact) mass is 552 g/mol. The van der Waals surface area contributed by atoms with E-state index in [0.29, 0.717) is 19.1 Å². The van der Waals surface area contributed by atoms with Crippen LogP contribution < -0.4 is 20.9 Å². The average Bonchev–Trinajstić information content (AvgIpc) is 2.77. The van der Waals surface area contributed by atoms with Crippen molar-refractivity contribution in [1.29, 1.82) is 0 Å². The highest BCUT2D eigenvalue weighted by Crippen LogP contribution is 2.18. The molecule has 2 aromatic rings. The zero-order valence-corrected chi connectivity index (χ0v) is 21.0. The number of aryl methyl sites for hydroxylation is 1. The van der Waals surface area contributed by atoms with Crippen LogP contribution >= 0.6 is 24.0 Å².